The van der Waals surface area contributed by atoms with Gasteiger partial charge in [0.2, 0.25) is 0 Å². The SMILES string of the molecule is CCc1ccc(Cc2cc(C3CC(O)CC(CO)O3)cc(OC3CCOC3)c2C)cc1. The van der Waals surface area contributed by atoms with E-state index in [1.54, 1.807) is 0 Å². The number of hydrogen-bond donors (Lipinski definition) is 2. The summed E-state index contributed by atoms with van der Waals surface area (Å²) in [6, 6.07) is 13.0. The highest BCUT2D eigenvalue weighted by Gasteiger charge is 2.30. The molecule has 0 spiro atoms. The van der Waals surface area contributed by atoms with E-state index in [1.165, 1.54) is 16.7 Å². The first-order valence-electron chi connectivity index (χ1n) is 11.5. The zero-order chi connectivity index (χ0) is 21.8. The lowest BCUT2D eigenvalue weighted by molar-refractivity contribution is -0.113. The number of aryl methyl sites for hydroxylation is 1. The molecule has 31 heavy (non-hydrogen) atoms. The molecule has 168 valence electrons. The van der Waals surface area contributed by atoms with E-state index in [0.717, 1.165) is 42.7 Å². The number of benzene rings is 2. The predicted molar refractivity (Wildman–Crippen MR) is 120 cm³/mol. The second-order valence-corrected chi connectivity index (χ2v) is 8.81. The van der Waals surface area contributed by atoms with Crippen molar-refractivity contribution in [3.05, 3.63) is 64.2 Å². The van der Waals surface area contributed by atoms with Gasteiger partial charge in [-0.25, -0.2) is 0 Å². The molecule has 0 saturated carbocycles. The Kier molecular flexibility index (Phi) is 7.28. The zero-order valence-corrected chi connectivity index (χ0v) is 18.5. The summed E-state index contributed by atoms with van der Waals surface area (Å²) in [5.74, 6) is 0.859. The average molecular weight is 427 g/mol. The molecule has 2 N–H and O–H groups in total. The molecule has 5 nitrogen and oxygen atoms in total. The molecule has 2 aromatic carbocycles. The quantitative estimate of drug-likeness (QED) is 0.703. The maximum absolute atomic E-state index is 10.3. The third-order valence-corrected chi connectivity index (χ3v) is 6.45. The molecular formula is C26H34O5. The highest BCUT2D eigenvalue weighted by Crippen LogP contribution is 2.36. The van der Waals surface area contributed by atoms with Crippen molar-refractivity contribution in [1.82, 2.24) is 0 Å². The third kappa shape index (κ3) is 5.47. The van der Waals surface area contributed by atoms with Crippen LogP contribution in [0.4, 0.5) is 0 Å². The van der Waals surface area contributed by atoms with E-state index in [2.05, 4.69) is 50.2 Å². The Morgan fingerprint density at radius 1 is 1.10 bits per heavy atom. The molecule has 0 aliphatic carbocycles. The van der Waals surface area contributed by atoms with Gasteiger partial charge in [0.15, 0.2) is 0 Å². The first-order chi connectivity index (χ1) is 15.1. The largest absolute Gasteiger partial charge is 0.488 e. The molecule has 4 rings (SSSR count). The van der Waals surface area contributed by atoms with Gasteiger partial charge >= 0.3 is 0 Å². The summed E-state index contributed by atoms with van der Waals surface area (Å²) in [5, 5.41) is 19.9. The van der Waals surface area contributed by atoms with Gasteiger partial charge in [0.1, 0.15) is 11.9 Å². The monoisotopic (exact) mass is 426 g/mol. The molecule has 0 amide bonds. The number of aliphatic hydroxyl groups excluding tert-OH is 2. The van der Waals surface area contributed by atoms with Crippen LogP contribution in [0.25, 0.3) is 0 Å². The van der Waals surface area contributed by atoms with Crippen LogP contribution in [0, 0.1) is 6.92 Å². The van der Waals surface area contributed by atoms with E-state index < -0.39 is 6.10 Å². The molecule has 2 aliphatic heterocycles. The molecule has 4 unspecified atom stereocenters. The van der Waals surface area contributed by atoms with Gasteiger partial charge in [-0.1, -0.05) is 37.3 Å². The zero-order valence-electron chi connectivity index (χ0n) is 18.5. The summed E-state index contributed by atoms with van der Waals surface area (Å²) < 4.78 is 17.9. The number of hydrogen-bond acceptors (Lipinski definition) is 5. The van der Waals surface area contributed by atoms with Crippen molar-refractivity contribution in [3.8, 4) is 5.75 Å². The highest BCUT2D eigenvalue weighted by atomic mass is 16.5. The Labute approximate surface area is 185 Å². The van der Waals surface area contributed by atoms with Gasteiger partial charge in [-0.3, -0.25) is 0 Å². The topological polar surface area (TPSA) is 68.2 Å². The Hall–Kier alpha value is -1.92. The van der Waals surface area contributed by atoms with Crippen LogP contribution in [0.15, 0.2) is 36.4 Å². The summed E-state index contributed by atoms with van der Waals surface area (Å²) in [6.07, 6.45) is 2.71. The van der Waals surface area contributed by atoms with E-state index in [-0.39, 0.29) is 24.9 Å². The highest BCUT2D eigenvalue weighted by molar-refractivity contribution is 5.46. The van der Waals surface area contributed by atoms with E-state index in [4.69, 9.17) is 14.2 Å². The van der Waals surface area contributed by atoms with Gasteiger partial charge in [0.25, 0.3) is 0 Å². The van der Waals surface area contributed by atoms with Gasteiger partial charge in [0, 0.05) is 19.3 Å². The summed E-state index contributed by atoms with van der Waals surface area (Å²) in [5.41, 5.74) is 5.91. The normalized spacial score (nSPS) is 26.2. The Bertz CT molecular complexity index is 857. The summed E-state index contributed by atoms with van der Waals surface area (Å²) in [4.78, 5) is 0. The van der Waals surface area contributed by atoms with Crippen LogP contribution in [0.3, 0.4) is 0 Å². The van der Waals surface area contributed by atoms with Crippen molar-refractivity contribution >= 4 is 0 Å². The molecule has 0 radical (unpaired) electrons. The fourth-order valence-electron chi connectivity index (χ4n) is 4.48. The molecular weight excluding hydrogens is 392 g/mol. The van der Waals surface area contributed by atoms with Crippen molar-refractivity contribution in [1.29, 1.82) is 0 Å². The maximum Gasteiger partial charge on any atom is 0.124 e. The van der Waals surface area contributed by atoms with Crippen molar-refractivity contribution in [2.45, 2.75) is 70.4 Å². The fourth-order valence-corrected chi connectivity index (χ4v) is 4.48. The summed E-state index contributed by atoms with van der Waals surface area (Å²) in [7, 11) is 0. The minimum atomic E-state index is -0.477. The number of ether oxygens (including phenoxy) is 3. The molecule has 2 fully saturated rings. The van der Waals surface area contributed by atoms with Crippen molar-refractivity contribution < 1.29 is 24.4 Å². The van der Waals surface area contributed by atoms with Gasteiger partial charge in [0.05, 0.1) is 38.1 Å². The fraction of sp³-hybridized carbons (Fsp3) is 0.538. The van der Waals surface area contributed by atoms with Crippen LogP contribution in [0.5, 0.6) is 5.75 Å². The minimum Gasteiger partial charge on any atom is -0.488 e. The van der Waals surface area contributed by atoms with Gasteiger partial charge in [-0.05, 0) is 53.6 Å². The number of aliphatic hydroxyl groups is 2. The molecule has 0 aromatic heterocycles. The Balaban J connectivity index is 1.65. The molecule has 2 heterocycles. The van der Waals surface area contributed by atoms with Crippen LogP contribution in [-0.4, -0.2) is 48.3 Å². The minimum absolute atomic E-state index is 0.0636. The molecule has 2 saturated heterocycles. The lowest BCUT2D eigenvalue weighted by atomic mass is 9.91. The predicted octanol–water partition coefficient (Wildman–Crippen LogP) is 3.89. The van der Waals surface area contributed by atoms with Crippen LogP contribution < -0.4 is 4.74 Å². The Morgan fingerprint density at radius 3 is 2.55 bits per heavy atom. The Morgan fingerprint density at radius 2 is 1.87 bits per heavy atom. The van der Waals surface area contributed by atoms with Crippen molar-refractivity contribution in [2.24, 2.45) is 0 Å². The lowest BCUT2D eigenvalue weighted by Crippen LogP contribution is -2.33. The number of rotatable bonds is 7. The van der Waals surface area contributed by atoms with Crippen molar-refractivity contribution in [2.75, 3.05) is 19.8 Å². The second-order valence-electron chi connectivity index (χ2n) is 8.81. The van der Waals surface area contributed by atoms with E-state index in [0.29, 0.717) is 19.4 Å². The maximum atomic E-state index is 10.3. The van der Waals surface area contributed by atoms with E-state index >= 15 is 0 Å². The molecule has 2 aliphatic rings. The molecule has 4 atom stereocenters. The van der Waals surface area contributed by atoms with Crippen LogP contribution >= 0.6 is 0 Å². The summed E-state index contributed by atoms with van der Waals surface area (Å²) >= 11 is 0. The van der Waals surface area contributed by atoms with Gasteiger partial charge in [-0.15, -0.1) is 0 Å². The van der Waals surface area contributed by atoms with Gasteiger partial charge < -0.3 is 24.4 Å². The van der Waals surface area contributed by atoms with Crippen LogP contribution in [-0.2, 0) is 22.3 Å². The average Bonchev–Trinajstić information content (AvgIpc) is 3.29. The third-order valence-electron chi connectivity index (χ3n) is 6.45. The van der Waals surface area contributed by atoms with Gasteiger partial charge in [-0.2, -0.15) is 0 Å². The molecule has 0 bridgehead atoms. The van der Waals surface area contributed by atoms with Crippen LogP contribution in [0.1, 0.15) is 60.1 Å². The molecule has 2 aromatic rings. The lowest BCUT2D eigenvalue weighted by Gasteiger charge is -2.33. The van der Waals surface area contributed by atoms with Crippen molar-refractivity contribution in [3.63, 3.8) is 0 Å². The van der Waals surface area contributed by atoms with E-state index in [9.17, 15) is 10.2 Å². The van der Waals surface area contributed by atoms with Crippen LogP contribution in [0.2, 0.25) is 0 Å². The standard InChI is InChI=1S/C26H34O5/c1-3-18-4-6-19(7-5-18)10-20-11-21(26-14-22(28)13-24(15-27)31-26)12-25(17(20)2)30-23-8-9-29-16-23/h4-7,11-12,22-24,26-28H,3,8-10,13-16H2,1-2H3. The molecule has 5 heteroatoms. The smallest absolute Gasteiger partial charge is 0.124 e. The summed E-state index contributed by atoms with van der Waals surface area (Å²) in [6.45, 7) is 5.53. The second kappa shape index (κ2) is 10.1. The van der Waals surface area contributed by atoms with E-state index in [1.807, 2.05) is 0 Å². The first-order valence-corrected chi connectivity index (χ1v) is 11.5. The first kappa shape index (κ1) is 22.3.